The molecule has 1 aromatic carbocycles. The van der Waals surface area contributed by atoms with Gasteiger partial charge in [0.05, 0.1) is 11.0 Å². The molecule has 0 aliphatic rings. The van der Waals surface area contributed by atoms with Crippen LogP contribution in [0.5, 0.6) is 0 Å². The van der Waals surface area contributed by atoms with Crippen LogP contribution in [0, 0.1) is 4.91 Å². The highest BCUT2D eigenvalue weighted by Crippen LogP contribution is 2.12. The minimum atomic E-state index is 0.595. The fourth-order valence-electron chi connectivity index (χ4n) is 0.683. The van der Waals surface area contributed by atoms with E-state index in [4.69, 9.17) is 0 Å². The molecule has 0 amide bonds. The van der Waals surface area contributed by atoms with E-state index in [1.807, 2.05) is 22.7 Å². The molecule has 0 bridgehead atoms. The molecular formula is C6H5AlN2O2. The van der Waals surface area contributed by atoms with Crippen molar-refractivity contribution in [3.8, 4) is 0 Å². The second-order valence-electron chi connectivity index (χ2n) is 1.80. The Morgan fingerprint density at radius 2 is 2.00 bits per heavy atom. The third-order valence-electron chi connectivity index (χ3n) is 1.15. The molecule has 0 unspecified atom stereocenters. The SMILES string of the molecule is O=NN([O][Al])c1ccccc1. The monoisotopic (exact) mass is 164 g/mol. The Labute approximate surface area is 72.4 Å². The van der Waals surface area contributed by atoms with Crippen LogP contribution >= 0.6 is 0 Å². The van der Waals surface area contributed by atoms with E-state index in [1.54, 1.807) is 24.3 Å². The van der Waals surface area contributed by atoms with Gasteiger partial charge in [-0.15, -0.1) is 10.1 Å². The highest BCUT2D eigenvalue weighted by molar-refractivity contribution is 5.98. The molecule has 5 heteroatoms. The molecule has 0 atom stereocenters. The Kier molecular flexibility index (Phi) is 3.05. The zero-order chi connectivity index (χ0) is 8.10. The van der Waals surface area contributed by atoms with Crippen LogP contribution in [0.2, 0.25) is 0 Å². The van der Waals surface area contributed by atoms with Crippen LogP contribution in [0.4, 0.5) is 5.69 Å². The molecule has 0 N–H and O–H groups in total. The normalized spacial score (nSPS) is 9.09. The van der Waals surface area contributed by atoms with Crippen molar-refractivity contribution < 1.29 is 3.89 Å². The summed E-state index contributed by atoms with van der Waals surface area (Å²) >= 11 is 1.94. The highest BCUT2D eigenvalue weighted by Gasteiger charge is 2.00. The largest absolute Gasteiger partial charge is 0.426 e. The first-order valence-corrected chi connectivity index (χ1v) is 3.41. The Bertz CT molecular complexity index is 229. The van der Waals surface area contributed by atoms with Crippen LogP contribution in [0.25, 0.3) is 0 Å². The van der Waals surface area contributed by atoms with E-state index in [0.717, 1.165) is 5.17 Å². The minimum absolute atomic E-state index is 0.595. The summed E-state index contributed by atoms with van der Waals surface area (Å²) in [5.41, 5.74) is 0.595. The van der Waals surface area contributed by atoms with E-state index in [0.29, 0.717) is 5.69 Å². The molecule has 0 spiro atoms. The first-order valence-electron chi connectivity index (χ1n) is 2.94. The van der Waals surface area contributed by atoms with Crippen molar-refractivity contribution in [3.05, 3.63) is 35.2 Å². The molecule has 0 aliphatic carbocycles. The number of benzene rings is 1. The molecule has 2 radical (unpaired) electrons. The summed E-state index contributed by atoms with van der Waals surface area (Å²) in [5.74, 6) is 0. The zero-order valence-corrected chi connectivity index (χ0v) is 6.83. The van der Waals surface area contributed by atoms with Crippen LogP contribution in [0.15, 0.2) is 35.6 Å². The summed E-state index contributed by atoms with van der Waals surface area (Å²) in [6.45, 7) is 0. The Morgan fingerprint density at radius 1 is 1.36 bits per heavy atom. The van der Waals surface area contributed by atoms with Crippen LogP contribution < -0.4 is 5.17 Å². The predicted octanol–water partition coefficient (Wildman–Crippen LogP) is 1.19. The molecule has 1 aromatic rings. The van der Waals surface area contributed by atoms with Crippen LogP contribution in [-0.2, 0) is 3.89 Å². The predicted molar refractivity (Wildman–Crippen MR) is 41.6 cm³/mol. The topological polar surface area (TPSA) is 41.9 Å². The van der Waals surface area contributed by atoms with E-state index in [-0.39, 0.29) is 0 Å². The maximum absolute atomic E-state index is 10.1. The fraction of sp³-hybridized carbons (Fsp3) is 0. The zero-order valence-electron chi connectivity index (χ0n) is 5.68. The average molecular weight is 164 g/mol. The van der Waals surface area contributed by atoms with Gasteiger partial charge < -0.3 is 3.89 Å². The molecule has 4 nitrogen and oxygen atoms in total. The highest BCUT2D eigenvalue weighted by atomic mass is 27.1. The Hall–Kier alpha value is -0.888. The van der Waals surface area contributed by atoms with Gasteiger partial charge in [-0.3, -0.25) is 0 Å². The number of anilines is 1. The van der Waals surface area contributed by atoms with Gasteiger partial charge in [0.15, 0.2) is 0 Å². The molecule has 0 aromatic heterocycles. The molecule has 54 valence electrons. The summed E-state index contributed by atoms with van der Waals surface area (Å²) in [6.07, 6.45) is 0. The fourth-order valence-corrected chi connectivity index (χ4v) is 0.843. The summed E-state index contributed by atoms with van der Waals surface area (Å²) in [7, 11) is 0. The minimum Gasteiger partial charge on any atom is -0.408 e. The van der Waals surface area contributed by atoms with Crippen molar-refractivity contribution in [1.82, 2.24) is 0 Å². The van der Waals surface area contributed by atoms with Gasteiger partial charge in [0.25, 0.3) is 0 Å². The summed E-state index contributed by atoms with van der Waals surface area (Å²) in [4.78, 5) is 10.1. The van der Waals surface area contributed by atoms with E-state index >= 15 is 0 Å². The maximum atomic E-state index is 10.1. The molecular weight excluding hydrogens is 159 g/mol. The molecule has 0 heterocycles. The van der Waals surface area contributed by atoms with E-state index in [1.165, 1.54) is 0 Å². The van der Waals surface area contributed by atoms with Gasteiger partial charge in [0.1, 0.15) is 0 Å². The van der Waals surface area contributed by atoms with Crippen LogP contribution in [-0.4, -0.2) is 16.6 Å². The van der Waals surface area contributed by atoms with Crippen molar-refractivity contribution in [2.75, 3.05) is 5.17 Å². The first-order chi connectivity index (χ1) is 5.38. The van der Waals surface area contributed by atoms with E-state index in [9.17, 15) is 4.91 Å². The van der Waals surface area contributed by atoms with Crippen molar-refractivity contribution in [2.24, 2.45) is 5.29 Å². The lowest BCUT2D eigenvalue weighted by Crippen LogP contribution is -2.13. The summed E-state index contributed by atoms with van der Waals surface area (Å²) < 4.78 is 4.56. The van der Waals surface area contributed by atoms with Crippen LogP contribution in [0.3, 0.4) is 0 Å². The van der Waals surface area contributed by atoms with Gasteiger partial charge >= 0.3 is 16.6 Å². The number of nitrogens with zero attached hydrogens (tertiary/aromatic N) is 2. The van der Waals surface area contributed by atoms with Gasteiger partial charge in [-0.25, -0.2) is 0 Å². The van der Waals surface area contributed by atoms with Crippen LogP contribution in [0.1, 0.15) is 0 Å². The lowest BCUT2D eigenvalue weighted by molar-refractivity contribution is 0.311. The molecule has 11 heavy (non-hydrogen) atoms. The molecule has 0 fully saturated rings. The third-order valence-corrected chi connectivity index (χ3v) is 1.35. The number of hydrogen-bond donors (Lipinski definition) is 0. The first kappa shape index (κ1) is 8.21. The van der Waals surface area contributed by atoms with Gasteiger partial charge in [-0.05, 0) is 12.1 Å². The molecule has 0 aliphatic heterocycles. The summed E-state index contributed by atoms with van der Waals surface area (Å²) in [5, 5.41) is 3.48. The smallest absolute Gasteiger partial charge is 0.408 e. The average Bonchev–Trinajstić information content (AvgIpc) is 2.09. The molecule has 0 saturated heterocycles. The third kappa shape index (κ3) is 2.02. The van der Waals surface area contributed by atoms with E-state index in [2.05, 4.69) is 9.18 Å². The Balaban J connectivity index is 2.82. The number of rotatable bonds is 3. The van der Waals surface area contributed by atoms with Crippen molar-refractivity contribution in [1.29, 1.82) is 0 Å². The Morgan fingerprint density at radius 3 is 2.45 bits per heavy atom. The maximum Gasteiger partial charge on any atom is 0.426 e. The number of hydrogen-bond acceptors (Lipinski definition) is 3. The quantitative estimate of drug-likeness (QED) is 0.382. The van der Waals surface area contributed by atoms with Gasteiger partial charge in [0.2, 0.25) is 0 Å². The summed E-state index contributed by atoms with van der Waals surface area (Å²) in [6, 6.07) is 8.85. The molecule has 0 saturated carbocycles. The van der Waals surface area contributed by atoms with Crippen molar-refractivity contribution >= 4 is 22.3 Å². The van der Waals surface area contributed by atoms with Gasteiger partial charge in [-0.2, -0.15) is 0 Å². The standard InChI is InChI=1S/C6H5N2O2.Al/c9-7-8(10)6-4-2-1-3-5-6;/h1-5H;/q-1;+1. The second kappa shape index (κ2) is 4.09. The van der Waals surface area contributed by atoms with Crippen molar-refractivity contribution in [3.63, 3.8) is 0 Å². The van der Waals surface area contributed by atoms with Gasteiger partial charge in [-0.1, -0.05) is 18.2 Å². The van der Waals surface area contributed by atoms with E-state index < -0.39 is 0 Å². The molecule has 1 rings (SSSR count). The number of para-hydroxylation sites is 1. The lowest BCUT2D eigenvalue weighted by atomic mass is 10.3. The van der Waals surface area contributed by atoms with Gasteiger partial charge in [0, 0.05) is 0 Å². The number of nitroso groups, excluding NO2 is 1. The second-order valence-corrected chi connectivity index (χ2v) is 2.01. The lowest BCUT2D eigenvalue weighted by Gasteiger charge is -2.12. The van der Waals surface area contributed by atoms with Crippen molar-refractivity contribution in [2.45, 2.75) is 0 Å².